The maximum Gasteiger partial charge on any atom is 0.253 e. The number of nitrogen functional groups attached to an aromatic ring is 1. The van der Waals surface area contributed by atoms with Crippen LogP contribution in [0.4, 0.5) is 5.95 Å². The highest BCUT2D eigenvalue weighted by molar-refractivity contribution is 7.98. The Hall–Kier alpha value is -2.12. The Morgan fingerprint density at radius 1 is 1.27 bits per heavy atom. The van der Waals surface area contributed by atoms with Gasteiger partial charge in [0, 0.05) is 29.7 Å². The van der Waals surface area contributed by atoms with Gasteiger partial charge in [0.15, 0.2) is 0 Å². The van der Waals surface area contributed by atoms with Gasteiger partial charge in [-0.15, -0.1) is 11.8 Å². The van der Waals surface area contributed by atoms with E-state index in [4.69, 9.17) is 10.5 Å². The highest BCUT2D eigenvalue weighted by Crippen LogP contribution is 2.40. The van der Waals surface area contributed by atoms with Crippen LogP contribution in [0.25, 0.3) is 0 Å². The number of carbonyl (C=O) groups excluding carboxylic acids is 1. The minimum Gasteiger partial charge on any atom is -0.368 e. The SMILES string of the molecule is CSc1ccc(C(=O)N2CCC3(CC2)OCCc2cnc(N)nc23)cc1. The van der Waals surface area contributed by atoms with Crippen molar-refractivity contribution >= 4 is 23.6 Å². The third-order valence-corrected chi connectivity index (χ3v) is 6.00. The molecule has 136 valence electrons. The van der Waals surface area contributed by atoms with Crippen LogP contribution in [0.15, 0.2) is 35.4 Å². The van der Waals surface area contributed by atoms with E-state index >= 15 is 0 Å². The third kappa shape index (κ3) is 3.05. The van der Waals surface area contributed by atoms with Crippen molar-refractivity contribution in [2.75, 3.05) is 31.7 Å². The minimum atomic E-state index is -0.440. The van der Waals surface area contributed by atoms with E-state index in [9.17, 15) is 4.79 Å². The Labute approximate surface area is 157 Å². The van der Waals surface area contributed by atoms with Gasteiger partial charge >= 0.3 is 0 Å². The quantitative estimate of drug-likeness (QED) is 0.818. The van der Waals surface area contributed by atoms with Gasteiger partial charge in [0.2, 0.25) is 5.95 Å². The van der Waals surface area contributed by atoms with Gasteiger partial charge in [0.25, 0.3) is 5.91 Å². The fraction of sp³-hybridized carbons (Fsp3) is 0.421. The van der Waals surface area contributed by atoms with Crippen LogP contribution < -0.4 is 5.73 Å². The molecule has 2 N–H and O–H groups in total. The van der Waals surface area contributed by atoms with Crippen LogP contribution in [0.3, 0.4) is 0 Å². The molecule has 0 saturated carbocycles. The molecule has 0 radical (unpaired) electrons. The lowest BCUT2D eigenvalue weighted by Gasteiger charge is -2.44. The maximum absolute atomic E-state index is 12.8. The predicted octanol–water partition coefficient (Wildman–Crippen LogP) is 2.48. The molecule has 0 atom stereocenters. The molecule has 2 aliphatic rings. The summed E-state index contributed by atoms with van der Waals surface area (Å²) < 4.78 is 6.17. The molecule has 26 heavy (non-hydrogen) atoms. The number of piperidine rings is 1. The number of nitrogens with zero attached hydrogens (tertiary/aromatic N) is 3. The van der Waals surface area contributed by atoms with Crippen LogP contribution in [-0.2, 0) is 16.8 Å². The molecule has 7 heteroatoms. The molecular formula is C19H22N4O2S. The monoisotopic (exact) mass is 370 g/mol. The first-order valence-electron chi connectivity index (χ1n) is 8.80. The van der Waals surface area contributed by atoms with E-state index < -0.39 is 5.60 Å². The summed E-state index contributed by atoms with van der Waals surface area (Å²) in [5.74, 6) is 0.353. The average molecular weight is 370 g/mol. The molecule has 2 aromatic rings. The number of aromatic nitrogens is 2. The Bertz CT molecular complexity index is 817. The van der Waals surface area contributed by atoms with Crippen LogP contribution >= 0.6 is 11.8 Å². The second-order valence-electron chi connectivity index (χ2n) is 6.72. The zero-order chi connectivity index (χ0) is 18.1. The number of amides is 1. The minimum absolute atomic E-state index is 0.0748. The number of anilines is 1. The smallest absolute Gasteiger partial charge is 0.253 e. The zero-order valence-corrected chi connectivity index (χ0v) is 15.6. The number of hydrogen-bond donors (Lipinski definition) is 1. The molecule has 1 spiro atoms. The molecule has 0 bridgehead atoms. The molecule has 0 aliphatic carbocycles. The summed E-state index contributed by atoms with van der Waals surface area (Å²) >= 11 is 1.67. The Kier molecular flexibility index (Phi) is 4.58. The first-order valence-corrected chi connectivity index (χ1v) is 10.0. The first kappa shape index (κ1) is 17.3. The Balaban J connectivity index is 1.51. The van der Waals surface area contributed by atoms with Crippen molar-refractivity contribution in [1.82, 2.24) is 14.9 Å². The summed E-state index contributed by atoms with van der Waals surface area (Å²) in [5.41, 5.74) is 8.11. The van der Waals surface area contributed by atoms with Crippen LogP contribution in [0, 0.1) is 0 Å². The number of rotatable bonds is 2. The van der Waals surface area contributed by atoms with E-state index in [1.807, 2.05) is 41.6 Å². The van der Waals surface area contributed by atoms with Gasteiger partial charge < -0.3 is 15.4 Å². The van der Waals surface area contributed by atoms with Crippen molar-refractivity contribution in [1.29, 1.82) is 0 Å². The average Bonchev–Trinajstić information content (AvgIpc) is 2.69. The lowest BCUT2D eigenvalue weighted by atomic mass is 9.83. The zero-order valence-electron chi connectivity index (χ0n) is 14.8. The summed E-state index contributed by atoms with van der Waals surface area (Å²) in [7, 11) is 0. The van der Waals surface area contributed by atoms with E-state index in [-0.39, 0.29) is 11.9 Å². The largest absolute Gasteiger partial charge is 0.368 e. The van der Waals surface area contributed by atoms with Crippen LogP contribution in [0.5, 0.6) is 0 Å². The molecule has 6 nitrogen and oxygen atoms in total. The molecule has 1 aromatic carbocycles. The molecule has 1 fully saturated rings. The number of thioether (sulfide) groups is 1. The highest BCUT2D eigenvalue weighted by atomic mass is 32.2. The Morgan fingerprint density at radius 2 is 2.00 bits per heavy atom. The Morgan fingerprint density at radius 3 is 2.69 bits per heavy atom. The summed E-state index contributed by atoms with van der Waals surface area (Å²) in [6, 6.07) is 7.78. The molecule has 1 aromatic heterocycles. The molecule has 1 saturated heterocycles. The standard InChI is InChI=1S/C19H22N4O2S/c1-26-15-4-2-13(3-5-15)17(24)23-9-7-19(8-10-23)16-14(6-11-25-19)12-21-18(20)22-16/h2-5,12H,6-11H2,1H3,(H2,20,21,22). The number of carbonyl (C=O) groups is 1. The lowest BCUT2D eigenvalue weighted by Crippen LogP contribution is -2.49. The third-order valence-electron chi connectivity index (χ3n) is 5.26. The second kappa shape index (κ2) is 6.89. The molecule has 3 heterocycles. The van der Waals surface area contributed by atoms with Gasteiger partial charge in [-0.3, -0.25) is 4.79 Å². The van der Waals surface area contributed by atoms with Gasteiger partial charge in [-0.1, -0.05) is 0 Å². The second-order valence-corrected chi connectivity index (χ2v) is 7.60. The highest BCUT2D eigenvalue weighted by Gasteiger charge is 2.43. The molecular weight excluding hydrogens is 348 g/mol. The van der Waals surface area contributed by atoms with Crippen molar-refractivity contribution in [3.8, 4) is 0 Å². The summed E-state index contributed by atoms with van der Waals surface area (Å²) in [6.45, 7) is 1.95. The van der Waals surface area contributed by atoms with Gasteiger partial charge in [-0.05, 0) is 55.3 Å². The first-order chi connectivity index (χ1) is 12.6. The van der Waals surface area contributed by atoms with Crippen LogP contribution in [0.2, 0.25) is 0 Å². The van der Waals surface area contributed by atoms with Crippen LogP contribution in [-0.4, -0.2) is 46.7 Å². The van der Waals surface area contributed by atoms with E-state index in [0.717, 1.165) is 41.0 Å². The fourth-order valence-electron chi connectivity index (χ4n) is 3.79. The molecule has 0 unspecified atom stereocenters. The number of nitrogens with two attached hydrogens (primary N) is 1. The van der Waals surface area contributed by atoms with Gasteiger partial charge in [-0.25, -0.2) is 9.97 Å². The van der Waals surface area contributed by atoms with Crippen molar-refractivity contribution in [2.45, 2.75) is 29.8 Å². The van der Waals surface area contributed by atoms with Gasteiger partial charge in [-0.2, -0.15) is 0 Å². The van der Waals surface area contributed by atoms with E-state index in [2.05, 4.69) is 9.97 Å². The number of likely N-dealkylation sites (tertiary alicyclic amines) is 1. The fourth-order valence-corrected chi connectivity index (χ4v) is 4.20. The lowest BCUT2D eigenvalue weighted by molar-refractivity contribution is -0.0966. The normalized spacial score (nSPS) is 18.6. The number of hydrogen-bond acceptors (Lipinski definition) is 6. The van der Waals surface area contributed by atoms with E-state index in [0.29, 0.717) is 19.7 Å². The number of ether oxygens (including phenoxy) is 1. The maximum atomic E-state index is 12.8. The van der Waals surface area contributed by atoms with Gasteiger partial charge in [0.1, 0.15) is 5.60 Å². The molecule has 2 aliphatic heterocycles. The van der Waals surface area contributed by atoms with E-state index in [1.54, 1.807) is 11.8 Å². The number of fused-ring (bicyclic) bond motifs is 2. The van der Waals surface area contributed by atoms with Crippen molar-refractivity contribution in [2.24, 2.45) is 0 Å². The molecule has 4 rings (SSSR count). The topological polar surface area (TPSA) is 81.3 Å². The van der Waals surface area contributed by atoms with Crippen molar-refractivity contribution in [3.05, 3.63) is 47.3 Å². The predicted molar refractivity (Wildman–Crippen MR) is 101 cm³/mol. The van der Waals surface area contributed by atoms with Crippen molar-refractivity contribution < 1.29 is 9.53 Å². The summed E-state index contributed by atoms with van der Waals surface area (Å²) in [5, 5.41) is 0. The molecule has 1 amide bonds. The number of benzene rings is 1. The van der Waals surface area contributed by atoms with Gasteiger partial charge in [0.05, 0.1) is 12.3 Å². The summed E-state index contributed by atoms with van der Waals surface area (Å²) in [6.07, 6.45) is 6.10. The van der Waals surface area contributed by atoms with E-state index in [1.165, 1.54) is 0 Å². The van der Waals surface area contributed by atoms with Crippen LogP contribution in [0.1, 0.15) is 34.5 Å². The summed E-state index contributed by atoms with van der Waals surface area (Å²) in [4.78, 5) is 24.4. The van der Waals surface area contributed by atoms with Crippen molar-refractivity contribution in [3.63, 3.8) is 0 Å².